The Kier molecular flexibility index (Phi) is 5.19. The maximum absolute atomic E-state index is 6.06. The highest BCUT2D eigenvalue weighted by atomic mass is 35.5. The minimum atomic E-state index is 0.678. The molecule has 0 atom stereocenters. The monoisotopic (exact) mass is 352 g/mol. The van der Waals surface area contributed by atoms with Crippen LogP contribution in [-0.4, -0.2) is 16.5 Å². The van der Waals surface area contributed by atoms with Crippen LogP contribution in [0.15, 0.2) is 54.6 Å². The summed E-state index contributed by atoms with van der Waals surface area (Å²) < 4.78 is 0. The van der Waals surface area contributed by atoms with E-state index in [0.717, 1.165) is 29.4 Å². The summed E-state index contributed by atoms with van der Waals surface area (Å²) in [5.41, 5.74) is 4.10. The van der Waals surface area contributed by atoms with Gasteiger partial charge in [0.05, 0.1) is 0 Å². The number of benzene rings is 2. The van der Waals surface area contributed by atoms with E-state index >= 15 is 0 Å². The van der Waals surface area contributed by atoms with Gasteiger partial charge < -0.3 is 10.2 Å². The number of hydrogen-bond donors (Lipinski definition) is 1. The Bertz CT molecular complexity index is 879. The highest BCUT2D eigenvalue weighted by molar-refractivity contribution is 6.30. The molecular weight excluding hydrogens is 332 g/mol. The third kappa shape index (κ3) is 4.28. The first-order chi connectivity index (χ1) is 12.0. The average molecular weight is 353 g/mol. The van der Waals surface area contributed by atoms with Gasteiger partial charge in [-0.25, -0.2) is 4.98 Å². The standard InChI is InChI=1S/C20H21ClN4/c1-4-25(18-10-5-7-14(2)11-18)20-22-15(3)12-19(24-20)23-17-9-6-8-16(21)13-17/h5-13H,4H2,1-3H3,(H,22,23,24). The summed E-state index contributed by atoms with van der Waals surface area (Å²) in [5.74, 6) is 1.42. The van der Waals surface area contributed by atoms with E-state index in [1.165, 1.54) is 5.56 Å². The molecular formula is C20H21ClN4. The molecule has 0 amide bonds. The van der Waals surface area contributed by atoms with Crippen LogP contribution in [0.5, 0.6) is 0 Å². The van der Waals surface area contributed by atoms with E-state index in [0.29, 0.717) is 11.0 Å². The van der Waals surface area contributed by atoms with Gasteiger partial charge in [-0.15, -0.1) is 0 Å². The lowest BCUT2D eigenvalue weighted by atomic mass is 10.2. The van der Waals surface area contributed by atoms with E-state index in [9.17, 15) is 0 Å². The summed E-state index contributed by atoms with van der Waals surface area (Å²) >= 11 is 6.06. The van der Waals surface area contributed by atoms with Crippen LogP contribution in [-0.2, 0) is 0 Å². The minimum absolute atomic E-state index is 0.678. The van der Waals surface area contributed by atoms with Gasteiger partial charge in [0, 0.05) is 34.7 Å². The normalized spacial score (nSPS) is 10.6. The Morgan fingerprint density at radius 2 is 1.80 bits per heavy atom. The van der Waals surface area contributed by atoms with Crippen LogP contribution < -0.4 is 10.2 Å². The van der Waals surface area contributed by atoms with Crippen molar-refractivity contribution in [1.82, 2.24) is 9.97 Å². The molecule has 0 bridgehead atoms. The maximum atomic E-state index is 6.06. The lowest BCUT2D eigenvalue weighted by molar-refractivity contribution is 0.935. The number of nitrogens with zero attached hydrogens (tertiary/aromatic N) is 3. The second kappa shape index (κ2) is 7.53. The first-order valence-electron chi connectivity index (χ1n) is 8.27. The zero-order valence-corrected chi connectivity index (χ0v) is 15.4. The van der Waals surface area contributed by atoms with Crippen molar-refractivity contribution in [2.24, 2.45) is 0 Å². The Morgan fingerprint density at radius 3 is 2.52 bits per heavy atom. The fraction of sp³-hybridized carbons (Fsp3) is 0.200. The molecule has 1 heterocycles. The predicted molar refractivity (Wildman–Crippen MR) is 105 cm³/mol. The lowest BCUT2D eigenvalue weighted by Crippen LogP contribution is -2.19. The largest absolute Gasteiger partial charge is 0.340 e. The SMILES string of the molecule is CCN(c1cccc(C)c1)c1nc(C)cc(Nc2cccc(Cl)c2)n1. The van der Waals surface area contributed by atoms with Crippen molar-refractivity contribution >= 4 is 34.7 Å². The molecule has 0 aliphatic heterocycles. The second-order valence-corrected chi connectivity index (χ2v) is 6.35. The van der Waals surface area contributed by atoms with Gasteiger partial charge in [0.2, 0.25) is 5.95 Å². The second-order valence-electron chi connectivity index (χ2n) is 5.91. The van der Waals surface area contributed by atoms with E-state index in [1.54, 1.807) is 0 Å². The van der Waals surface area contributed by atoms with Gasteiger partial charge >= 0.3 is 0 Å². The summed E-state index contributed by atoms with van der Waals surface area (Å²) in [4.78, 5) is 11.4. The van der Waals surface area contributed by atoms with Crippen LogP contribution in [0.4, 0.5) is 23.1 Å². The molecule has 5 heteroatoms. The molecule has 2 aromatic carbocycles. The molecule has 0 aliphatic rings. The molecule has 0 saturated carbocycles. The summed E-state index contributed by atoms with van der Waals surface area (Å²) in [6.45, 7) is 6.93. The lowest BCUT2D eigenvalue weighted by Gasteiger charge is -2.22. The highest BCUT2D eigenvalue weighted by Crippen LogP contribution is 2.26. The average Bonchev–Trinajstić information content (AvgIpc) is 2.55. The summed E-state index contributed by atoms with van der Waals surface area (Å²) in [6.07, 6.45) is 0. The zero-order valence-electron chi connectivity index (χ0n) is 14.6. The molecule has 0 unspecified atom stereocenters. The zero-order chi connectivity index (χ0) is 17.8. The number of aryl methyl sites for hydroxylation is 2. The smallest absolute Gasteiger partial charge is 0.232 e. The number of anilines is 4. The molecule has 3 aromatic rings. The number of aromatic nitrogens is 2. The van der Waals surface area contributed by atoms with Crippen molar-refractivity contribution in [1.29, 1.82) is 0 Å². The van der Waals surface area contributed by atoms with Crippen LogP contribution >= 0.6 is 11.6 Å². The Hall–Kier alpha value is -2.59. The molecule has 3 rings (SSSR count). The third-order valence-electron chi connectivity index (χ3n) is 3.81. The fourth-order valence-electron chi connectivity index (χ4n) is 2.69. The third-order valence-corrected chi connectivity index (χ3v) is 4.05. The molecule has 0 radical (unpaired) electrons. The van der Waals surface area contributed by atoms with Crippen molar-refractivity contribution in [2.75, 3.05) is 16.8 Å². The first-order valence-corrected chi connectivity index (χ1v) is 8.65. The van der Waals surface area contributed by atoms with Crippen molar-refractivity contribution in [3.05, 3.63) is 70.9 Å². The molecule has 0 saturated heterocycles. The van der Waals surface area contributed by atoms with Crippen molar-refractivity contribution in [2.45, 2.75) is 20.8 Å². The molecule has 25 heavy (non-hydrogen) atoms. The highest BCUT2D eigenvalue weighted by Gasteiger charge is 2.12. The molecule has 1 aromatic heterocycles. The number of rotatable bonds is 5. The van der Waals surface area contributed by atoms with Gasteiger partial charge in [0.25, 0.3) is 0 Å². The molecule has 0 aliphatic carbocycles. The van der Waals surface area contributed by atoms with Gasteiger partial charge in [-0.05, 0) is 56.7 Å². The van der Waals surface area contributed by atoms with Gasteiger partial charge in [-0.1, -0.05) is 29.8 Å². The molecule has 0 fully saturated rings. The van der Waals surface area contributed by atoms with Crippen molar-refractivity contribution in [3.63, 3.8) is 0 Å². The Labute approximate surface area is 153 Å². The Morgan fingerprint density at radius 1 is 1.00 bits per heavy atom. The van der Waals surface area contributed by atoms with Gasteiger partial charge in [0.15, 0.2) is 0 Å². The fourth-order valence-corrected chi connectivity index (χ4v) is 2.88. The first kappa shape index (κ1) is 17.2. The van der Waals surface area contributed by atoms with Gasteiger partial charge in [-0.2, -0.15) is 4.98 Å². The van der Waals surface area contributed by atoms with Crippen molar-refractivity contribution in [3.8, 4) is 0 Å². The van der Waals surface area contributed by atoms with E-state index in [2.05, 4.69) is 47.2 Å². The van der Waals surface area contributed by atoms with E-state index in [1.807, 2.05) is 43.3 Å². The van der Waals surface area contributed by atoms with E-state index in [-0.39, 0.29) is 0 Å². The quantitative estimate of drug-likeness (QED) is 0.644. The summed E-state index contributed by atoms with van der Waals surface area (Å²) in [5, 5.41) is 3.99. The summed E-state index contributed by atoms with van der Waals surface area (Å²) in [7, 11) is 0. The number of halogens is 1. The minimum Gasteiger partial charge on any atom is -0.340 e. The molecule has 1 N–H and O–H groups in total. The van der Waals surface area contributed by atoms with Crippen LogP contribution in [0.2, 0.25) is 5.02 Å². The number of nitrogens with one attached hydrogen (secondary N) is 1. The molecule has 0 spiro atoms. The molecule has 4 nitrogen and oxygen atoms in total. The van der Waals surface area contributed by atoms with Crippen molar-refractivity contribution < 1.29 is 0 Å². The van der Waals surface area contributed by atoms with Crippen LogP contribution in [0.25, 0.3) is 0 Å². The Balaban J connectivity index is 1.95. The topological polar surface area (TPSA) is 41.1 Å². The van der Waals surface area contributed by atoms with E-state index < -0.39 is 0 Å². The number of hydrogen-bond acceptors (Lipinski definition) is 4. The molecule has 128 valence electrons. The van der Waals surface area contributed by atoms with Crippen LogP contribution in [0.1, 0.15) is 18.2 Å². The van der Waals surface area contributed by atoms with Crippen LogP contribution in [0.3, 0.4) is 0 Å². The maximum Gasteiger partial charge on any atom is 0.232 e. The van der Waals surface area contributed by atoms with Gasteiger partial charge in [-0.3, -0.25) is 0 Å². The van der Waals surface area contributed by atoms with Gasteiger partial charge in [0.1, 0.15) is 5.82 Å². The summed E-state index contributed by atoms with van der Waals surface area (Å²) in [6, 6.07) is 17.9. The predicted octanol–water partition coefficient (Wildman–Crippen LogP) is 5.65. The van der Waals surface area contributed by atoms with E-state index in [4.69, 9.17) is 16.6 Å². The van der Waals surface area contributed by atoms with Crippen LogP contribution in [0, 0.1) is 13.8 Å².